The molecule has 0 spiro atoms. The zero-order chi connectivity index (χ0) is 13.7. The standard InChI is InChI=1S/C12H17FN2O3/c1-8(2)11(7-16)14-6-9-3-4-12(15(17)18)10(13)5-9/h3-5,8,11,14,16H,6-7H2,1-2H3/t11-/m1/s1. The summed E-state index contributed by atoms with van der Waals surface area (Å²) in [4.78, 5) is 9.70. The molecule has 5 nitrogen and oxygen atoms in total. The molecule has 0 saturated carbocycles. The largest absolute Gasteiger partial charge is 0.395 e. The van der Waals surface area contributed by atoms with Gasteiger partial charge in [0.2, 0.25) is 5.82 Å². The summed E-state index contributed by atoms with van der Waals surface area (Å²) in [6.07, 6.45) is 0. The Morgan fingerprint density at radius 2 is 2.17 bits per heavy atom. The van der Waals surface area contributed by atoms with Gasteiger partial charge in [0.15, 0.2) is 0 Å². The molecule has 18 heavy (non-hydrogen) atoms. The number of halogens is 1. The lowest BCUT2D eigenvalue weighted by Crippen LogP contribution is -2.36. The highest BCUT2D eigenvalue weighted by atomic mass is 19.1. The summed E-state index contributed by atoms with van der Waals surface area (Å²) in [5.74, 6) is -0.595. The Balaban J connectivity index is 2.69. The first-order valence-corrected chi connectivity index (χ1v) is 5.72. The summed E-state index contributed by atoms with van der Waals surface area (Å²) >= 11 is 0. The number of nitro benzene ring substituents is 1. The average molecular weight is 256 g/mol. The number of aliphatic hydroxyl groups excluding tert-OH is 1. The van der Waals surface area contributed by atoms with Gasteiger partial charge in [-0.25, -0.2) is 0 Å². The topological polar surface area (TPSA) is 75.4 Å². The molecule has 0 unspecified atom stereocenters. The lowest BCUT2D eigenvalue weighted by Gasteiger charge is -2.19. The van der Waals surface area contributed by atoms with E-state index in [9.17, 15) is 14.5 Å². The maximum Gasteiger partial charge on any atom is 0.304 e. The van der Waals surface area contributed by atoms with E-state index in [0.29, 0.717) is 12.1 Å². The summed E-state index contributed by atoms with van der Waals surface area (Å²) in [6.45, 7) is 4.28. The first kappa shape index (κ1) is 14.5. The van der Waals surface area contributed by atoms with Crippen LogP contribution in [0.25, 0.3) is 0 Å². The van der Waals surface area contributed by atoms with Crippen LogP contribution in [0.4, 0.5) is 10.1 Å². The van der Waals surface area contributed by atoms with Gasteiger partial charge in [0.1, 0.15) is 0 Å². The summed E-state index contributed by atoms with van der Waals surface area (Å²) in [7, 11) is 0. The third kappa shape index (κ3) is 3.75. The van der Waals surface area contributed by atoms with Crippen LogP contribution >= 0.6 is 0 Å². The molecule has 0 amide bonds. The van der Waals surface area contributed by atoms with Crippen LogP contribution in [0.5, 0.6) is 0 Å². The molecule has 1 atom stereocenters. The molecule has 1 rings (SSSR count). The van der Waals surface area contributed by atoms with Gasteiger partial charge in [0.25, 0.3) is 0 Å². The zero-order valence-corrected chi connectivity index (χ0v) is 10.4. The highest BCUT2D eigenvalue weighted by Crippen LogP contribution is 2.18. The minimum atomic E-state index is -0.843. The lowest BCUT2D eigenvalue weighted by atomic mass is 10.0. The zero-order valence-electron chi connectivity index (χ0n) is 10.4. The van der Waals surface area contributed by atoms with E-state index in [-0.39, 0.29) is 18.6 Å². The van der Waals surface area contributed by atoms with Crippen LogP contribution in [-0.2, 0) is 6.54 Å². The summed E-state index contributed by atoms with van der Waals surface area (Å²) in [5, 5.41) is 22.6. The maximum atomic E-state index is 13.3. The Bertz CT molecular complexity index is 424. The lowest BCUT2D eigenvalue weighted by molar-refractivity contribution is -0.387. The van der Waals surface area contributed by atoms with Crippen molar-refractivity contribution in [1.29, 1.82) is 0 Å². The molecule has 1 aromatic rings. The van der Waals surface area contributed by atoms with Gasteiger partial charge in [-0.3, -0.25) is 10.1 Å². The number of hydrogen-bond donors (Lipinski definition) is 2. The van der Waals surface area contributed by atoms with Gasteiger partial charge in [-0.15, -0.1) is 0 Å². The van der Waals surface area contributed by atoms with Crippen LogP contribution in [0, 0.1) is 21.8 Å². The second kappa shape index (κ2) is 6.42. The van der Waals surface area contributed by atoms with E-state index in [4.69, 9.17) is 5.11 Å². The molecule has 0 aliphatic rings. The van der Waals surface area contributed by atoms with Gasteiger partial charge in [0.05, 0.1) is 11.5 Å². The smallest absolute Gasteiger partial charge is 0.304 e. The second-order valence-corrected chi connectivity index (χ2v) is 4.46. The Hall–Kier alpha value is -1.53. The molecule has 0 radical (unpaired) electrons. The minimum Gasteiger partial charge on any atom is -0.395 e. The van der Waals surface area contributed by atoms with Crippen LogP contribution in [0.3, 0.4) is 0 Å². The van der Waals surface area contributed by atoms with Crippen molar-refractivity contribution in [3.05, 3.63) is 39.7 Å². The van der Waals surface area contributed by atoms with Crippen molar-refractivity contribution in [2.75, 3.05) is 6.61 Å². The summed E-state index contributed by atoms with van der Waals surface area (Å²) < 4.78 is 13.3. The molecular formula is C12H17FN2O3. The van der Waals surface area contributed by atoms with Crippen molar-refractivity contribution >= 4 is 5.69 Å². The Labute approximate surface area is 105 Å². The van der Waals surface area contributed by atoms with E-state index in [1.54, 1.807) is 0 Å². The van der Waals surface area contributed by atoms with E-state index in [0.717, 1.165) is 12.1 Å². The summed E-state index contributed by atoms with van der Waals surface area (Å²) in [6, 6.07) is 3.71. The third-order valence-electron chi connectivity index (χ3n) is 2.78. The fourth-order valence-corrected chi connectivity index (χ4v) is 1.57. The maximum absolute atomic E-state index is 13.3. The van der Waals surface area contributed by atoms with Crippen LogP contribution in [-0.4, -0.2) is 22.7 Å². The Kier molecular flexibility index (Phi) is 5.18. The number of hydrogen-bond acceptors (Lipinski definition) is 4. The highest BCUT2D eigenvalue weighted by Gasteiger charge is 2.15. The Morgan fingerprint density at radius 3 is 2.61 bits per heavy atom. The van der Waals surface area contributed by atoms with E-state index in [1.165, 1.54) is 6.07 Å². The van der Waals surface area contributed by atoms with Crippen LogP contribution < -0.4 is 5.32 Å². The second-order valence-electron chi connectivity index (χ2n) is 4.46. The van der Waals surface area contributed by atoms with Gasteiger partial charge in [-0.05, 0) is 17.5 Å². The van der Waals surface area contributed by atoms with Crippen LogP contribution in [0.2, 0.25) is 0 Å². The molecular weight excluding hydrogens is 239 g/mol. The summed E-state index contributed by atoms with van der Waals surface area (Å²) in [5.41, 5.74) is 0.0820. The predicted octanol–water partition coefficient (Wildman–Crippen LogP) is 1.84. The molecule has 0 aliphatic carbocycles. The first-order valence-electron chi connectivity index (χ1n) is 5.72. The van der Waals surface area contributed by atoms with Crippen molar-refractivity contribution in [2.45, 2.75) is 26.4 Å². The molecule has 6 heteroatoms. The predicted molar refractivity (Wildman–Crippen MR) is 65.6 cm³/mol. The number of benzene rings is 1. The average Bonchev–Trinajstić information content (AvgIpc) is 2.28. The van der Waals surface area contributed by atoms with Crippen LogP contribution in [0.15, 0.2) is 18.2 Å². The van der Waals surface area contributed by atoms with Crippen molar-refractivity contribution < 1.29 is 14.4 Å². The molecule has 0 aromatic heterocycles. The number of nitrogens with zero attached hydrogens (tertiary/aromatic N) is 1. The third-order valence-corrected chi connectivity index (χ3v) is 2.78. The van der Waals surface area contributed by atoms with Crippen LogP contribution in [0.1, 0.15) is 19.4 Å². The van der Waals surface area contributed by atoms with Gasteiger partial charge in [-0.2, -0.15) is 4.39 Å². The van der Waals surface area contributed by atoms with Gasteiger partial charge in [-0.1, -0.05) is 19.9 Å². The van der Waals surface area contributed by atoms with Gasteiger partial charge >= 0.3 is 5.69 Å². The number of rotatable bonds is 6. The minimum absolute atomic E-state index is 0.00682. The van der Waals surface area contributed by atoms with Crippen molar-refractivity contribution in [3.63, 3.8) is 0 Å². The van der Waals surface area contributed by atoms with Crippen molar-refractivity contribution in [2.24, 2.45) is 5.92 Å². The van der Waals surface area contributed by atoms with Crippen molar-refractivity contribution in [3.8, 4) is 0 Å². The molecule has 0 aliphatic heterocycles. The van der Waals surface area contributed by atoms with Crippen molar-refractivity contribution in [1.82, 2.24) is 5.32 Å². The molecule has 2 N–H and O–H groups in total. The first-order chi connectivity index (χ1) is 8.45. The van der Waals surface area contributed by atoms with E-state index < -0.39 is 16.4 Å². The number of aliphatic hydroxyl groups is 1. The quantitative estimate of drug-likeness (QED) is 0.601. The molecule has 0 fully saturated rings. The Morgan fingerprint density at radius 1 is 1.50 bits per heavy atom. The SMILES string of the molecule is CC(C)[C@@H](CO)NCc1ccc([N+](=O)[O-])c(F)c1. The molecule has 0 bridgehead atoms. The van der Waals surface area contributed by atoms with E-state index >= 15 is 0 Å². The van der Waals surface area contributed by atoms with Gasteiger partial charge in [0, 0.05) is 18.7 Å². The number of nitro groups is 1. The monoisotopic (exact) mass is 256 g/mol. The van der Waals surface area contributed by atoms with Gasteiger partial charge < -0.3 is 10.4 Å². The molecule has 0 saturated heterocycles. The molecule has 1 aromatic carbocycles. The van der Waals surface area contributed by atoms with E-state index in [2.05, 4.69) is 5.32 Å². The van der Waals surface area contributed by atoms with E-state index in [1.807, 2.05) is 13.8 Å². The fourth-order valence-electron chi connectivity index (χ4n) is 1.57. The number of nitrogens with one attached hydrogen (secondary N) is 1. The molecule has 100 valence electrons. The molecule has 0 heterocycles. The highest BCUT2D eigenvalue weighted by molar-refractivity contribution is 5.34. The fraction of sp³-hybridized carbons (Fsp3) is 0.500. The normalized spacial score (nSPS) is 12.7.